The molecule has 3 N–H and O–H groups in total. The first kappa shape index (κ1) is 26.0. The van der Waals surface area contributed by atoms with Crippen LogP contribution in [0.25, 0.3) is 11.1 Å². The number of hydrazone groups is 1. The molecule has 1 fully saturated rings. The van der Waals surface area contributed by atoms with Gasteiger partial charge in [0.15, 0.2) is 0 Å². The molecule has 0 aromatic heterocycles. The van der Waals surface area contributed by atoms with Crippen molar-refractivity contribution in [2.45, 2.75) is 31.7 Å². The van der Waals surface area contributed by atoms with Gasteiger partial charge in [-0.1, -0.05) is 35.9 Å². The lowest BCUT2D eigenvalue weighted by Gasteiger charge is -2.34. The van der Waals surface area contributed by atoms with E-state index in [9.17, 15) is 22.8 Å². The molecule has 0 saturated carbocycles. The molecular weight excluding hydrogens is 487 g/mol. The van der Waals surface area contributed by atoms with Crippen LogP contribution in [0.3, 0.4) is 0 Å². The number of para-hydroxylation sites is 1. The SMILES string of the molecule is N=C/C=N\NCC(=O)N1CCCCC1C(=O)Nc1ccc(-c2ccccc2OC(F)(F)F)c(Cl)c1. The van der Waals surface area contributed by atoms with Crippen LogP contribution < -0.4 is 15.5 Å². The van der Waals surface area contributed by atoms with Crippen molar-refractivity contribution in [3.05, 3.63) is 47.5 Å². The number of nitrogens with one attached hydrogen (secondary N) is 3. The molecule has 2 aromatic carbocycles. The molecule has 1 aliphatic rings. The second kappa shape index (κ2) is 11.7. The van der Waals surface area contributed by atoms with E-state index in [0.717, 1.165) is 19.1 Å². The number of carbonyl (C=O) groups excluding carboxylic acids is 2. The monoisotopic (exact) mass is 509 g/mol. The predicted octanol–water partition coefficient (Wildman–Crippen LogP) is 4.45. The van der Waals surface area contributed by atoms with Crippen LogP contribution in [0.5, 0.6) is 5.75 Å². The van der Waals surface area contributed by atoms with Gasteiger partial charge in [0, 0.05) is 29.6 Å². The quantitative estimate of drug-likeness (QED) is 0.361. The third kappa shape index (κ3) is 7.19. The molecule has 35 heavy (non-hydrogen) atoms. The van der Waals surface area contributed by atoms with E-state index in [0.29, 0.717) is 24.2 Å². The summed E-state index contributed by atoms with van der Waals surface area (Å²) in [6.07, 6.45) is -0.686. The number of halogens is 4. The number of likely N-dealkylation sites (tertiary alicyclic amines) is 1. The van der Waals surface area contributed by atoms with Crippen molar-refractivity contribution in [3.8, 4) is 16.9 Å². The van der Waals surface area contributed by atoms with Gasteiger partial charge in [-0.15, -0.1) is 13.2 Å². The van der Waals surface area contributed by atoms with Crippen LogP contribution in [0.4, 0.5) is 18.9 Å². The maximum atomic E-state index is 13.0. The lowest BCUT2D eigenvalue weighted by molar-refractivity contribution is -0.274. The van der Waals surface area contributed by atoms with Crippen LogP contribution in [0.2, 0.25) is 5.02 Å². The first-order valence-corrected chi connectivity index (χ1v) is 11.1. The van der Waals surface area contributed by atoms with Crippen molar-refractivity contribution in [2.75, 3.05) is 18.4 Å². The molecule has 1 saturated heterocycles. The highest BCUT2D eigenvalue weighted by molar-refractivity contribution is 6.33. The van der Waals surface area contributed by atoms with Crippen molar-refractivity contribution in [2.24, 2.45) is 5.10 Å². The molecule has 0 spiro atoms. The number of piperidine rings is 1. The first-order chi connectivity index (χ1) is 16.7. The summed E-state index contributed by atoms with van der Waals surface area (Å²) < 4.78 is 42.4. The summed E-state index contributed by atoms with van der Waals surface area (Å²) >= 11 is 6.35. The summed E-state index contributed by atoms with van der Waals surface area (Å²) in [6, 6.07) is 9.37. The van der Waals surface area contributed by atoms with Gasteiger partial charge >= 0.3 is 6.36 Å². The molecule has 0 bridgehead atoms. The highest BCUT2D eigenvalue weighted by Gasteiger charge is 2.33. The second-order valence-electron chi connectivity index (χ2n) is 7.61. The Balaban J connectivity index is 1.73. The van der Waals surface area contributed by atoms with Crippen molar-refractivity contribution in [3.63, 3.8) is 0 Å². The van der Waals surface area contributed by atoms with Gasteiger partial charge in [-0.2, -0.15) is 5.10 Å². The highest BCUT2D eigenvalue weighted by atomic mass is 35.5. The highest BCUT2D eigenvalue weighted by Crippen LogP contribution is 2.38. The zero-order chi connectivity index (χ0) is 25.4. The molecule has 186 valence electrons. The Morgan fingerprint density at radius 2 is 1.97 bits per heavy atom. The Labute approximate surface area is 204 Å². The standard InChI is InChI=1S/C23H23ClF3N5O3/c24-18-13-15(8-9-16(18)17-5-1-2-7-20(17)35-23(25,26)27)31-22(34)19-6-3-4-12-32(19)21(33)14-30-29-11-10-28/h1-2,5,7-11,13,19,28,30H,3-4,6,12,14H2,(H,31,34)/b28-10?,29-11-. The molecule has 2 aromatic rings. The third-order valence-electron chi connectivity index (χ3n) is 5.24. The summed E-state index contributed by atoms with van der Waals surface area (Å²) in [5, 5.41) is 13.4. The first-order valence-electron chi connectivity index (χ1n) is 10.7. The van der Waals surface area contributed by atoms with Crippen LogP contribution in [0, 0.1) is 5.41 Å². The number of ether oxygens (including phenoxy) is 1. The molecule has 12 heteroatoms. The van der Waals surface area contributed by atoms with Crippen LogP contribution >= 0.6 is 11.6 Å². The fourth-order valence-electron chi connectivity index (χ4n) is 3.75. The van der Waals surface area contributed by atoms with Crippen LogP contribution in [0.1, 0.15) is 19.3 Å². The lowest BCUT2D eigenvalue weighted by atomic mass is 10.0. The summed E-state index contributed by atoms with van der Waals surface area (Å²) in [5.41, 5.74) is 3.32. The number of hydrogen-bond donors (Lipinski definition) is 3. The van der Waals surface area contributed by atoms with Crippen LogP contribution in [-0.2, 0) is 9.59 Å². The molecule has 1 heterocycles. The third-order valence-corrected chi connectivity index (χ3v) is 5.55. The van der Waals surface area contributed by atoms with Gasteiger partial charge < -0.3 is 25.8 Å². The average molecular weight is 510 g/mol. The number of hydrogen-bond acceptors (Lipinski definition) is 6. The van der Waals surface area contributed by atoms with Gasteiger partial charge in [-0.25, -0.2) is 0 Å². The Kier molecular flexibility index (Phi) is 8.69. The molecule has 1 aliphatic heterocycles. The molecule has 2 amide bonds. The van der Waals surface area contributed by atoms with Crippen LogP contribution in [0.15, 0.2) is 47.6 Å². The smallest absolute Gasteiger partial charge is 0.405 e. The minimum absolute atomic E-state index is 0.117. The zero-order valence-electron chi connectivity index (χ0n) is 18.4. The van der Waals surface area contributed by atoms with Crippen LogP contribution in [-0.4, -0.2) is 54.6 Å². The normalized spacial score (nSPS) is 16.1. The summed E-state index contributed by atoms with van der Waals surface area (Å²) in [7, 11) is 0. The Morgan fingerprint density at radius 1 is 1.20 bits per heavy atom. The van der Waals surface area contributed by atoms with E-state index in [1.807, 2.05) is 0 Å². The van der Waals surface area contributed by atoms with Crippen molar-refractivity contribution in [1.82, 2.24) is 10.3 Å². The number of carbonyl (C=O) groups is 2. The lowest BCUT2D eigenvalue weighted by Crippen LogP contribution is -2.52. The van der Waals surface area contributed by atoms with E-state index in [2.05, 4.69) is 20.6 Å². The fraction of sp³-hybridized carbons (Fsp3) is 0.304. The predicted molar refractivity (Wildman–Crippen MR) is 127 cm³/mol. The van der Waals surface area contributed by atoms with Crippen molar-refractivity contribution in [1.29, 1.82) is 5.41 Å². The molecule has 3 rings (SSSR count). The van der Waals surface area contributed by atoms with Gasteiger partial charge in [0.1, 0.15) is 18.3 Å². The van der Waals surface area contributed by atoms with Gasteiger partial charge in [0.25, 0.3) is 0 Å². The Morgan fingerprint density at radius 3 is 2.69 bits per heavy atom. The minimum Gasteiger partial charge on any atom is -0.405 e. The van der Waals surface area contributed by atoms with Crippen molar-refractivity contribution < 1.29 is 27.5 Å². The van der Waals surface area contributed by atoms with E-state index in [1.165, 1.54) is 47.5 Å². The van der Waals surface area contributed by atoms with Crippen molar-refractivity contribution >= 4 is 41.5 Å². The number of anilines is 1. The number of rotatable bonds is 8. The Bertz CT molecular complexity index is 1110. The molecule has 0 radical (unpaired) electrons. The molecular formula is C23H23ClF3N5O3. The molecule has 0 aliphatic carbocycles. The summed E-state index contributed by atoms with van der Waals surface area (Å²) in [6.45, 7) is 0.302. The largest absolute Gasteiger partial charge is 0.573 e. The van der Waals surface area contributed by atoms with Gasteiger partial charge in [0.2, 0.25) is 11.8 Å². The minimum atomic E-state index is -4.86. The van der Waals surface area contributed by atoms with Gasteiger partial charge in [0.05, 0.1) is 11.2 Å². The van der Waals surface area contributed by atoms with E-state index >= 15 is 0 Å². The van der Waals surface area contributed by atoms with Gasteiger partial charge in [-0.3, -0.25) is 9.59 Å². The zero-order valence-corrected chi connectivity index (χ0v) is 19.2. The maximum absolute atomic E-state index is 13.0. The Hall–Kier alpha value is -3.60. The molecule has 1 atom stereocenters. The average Bonchev–Trinajstić information content (AvgIpc) is 2.81. The maximum Gasteiger partial charge on any atom is 0.573 e. The summed E-state index contributed by atoms with van der Waals surface area (Å²) in [5.74, 6) is -1.10. The molecule has 1 unspecified atom stereocenters. The summed E-state index contributed by atoms with van der Waals surface area (Å²) in [4.78, 5) is 27.0. The molecule has 8 nitrogen and oxygen atoms in total. The van der Waals surface area contributed by atoms with E-state index < -0.39 is 24.1 Å². The van der Waals surface area contributed by atoms with E-state index in [1.54, 1.807) is 6.07 Å². The number of benzene rings is 2. The number of amides is 2. The van der Waals surface area contributed by atoms with E-state index in [-0.39, 0.29) is 23.0 Å². The second-order valence-corrected chi connectivity index (χ2v) is 8.01. The number of nitrogens with zero attached hydrogens (tertiary/aromatic N) is 2. The fourth-order valence-corrected chi connectivity index (χ4v) is 4.03. The number of alkyl halides is 3. The topological polar surface area (TPSA) is 107 Å². The van der Waals surface area contributed by atoms with Gasteiger partial charge in [-0.05, 0) is 37.5 Å². The van der Waals surface area contributed by atoms with E-state index in [4.69, 9.17) is 17.0 Å².